The molecular formula is C26H40BNO2S. The average molecular weight is 441 g/mol. The molecule has 0 N–H and O–H groups in total. The van der Waals surface area contributed by atoms with Crippen molar-refractivity contribution in [2.75, 3.05) is 4.90 Å². The summed E-state index contributed by atoms with van der Waals surface area (Å²) in [6.45, 7) is 12.7. The Kier molecular flexibility index (Phi) is 9.30. The molecule has 2 radical (unpaired) electrons. The van der Waals surface area contributed by atoms with Gasteiger partial charge in [0.15, 0.2) is 0 Å². The highest BCUT2D eigenvalue weighted by molar-refractivity contribution is 8.01. The molecule has 2 rings (SSSR count). The van der Waals surface area contributed by atoms with Gasteiger partial charge in [-0.1, -0.05) is 91.1 Å². The lowest BCUT2D eigenvalue weighted by Gasteiger charge is -2.40. The Bertz CT molecular complexity index is 739. The Morgan fingerprint density at radius 2 is 1.65 bits per heavy atom. The van der Waals surface area contributed by atoms with E-state index in [1.54, 1.807) is 11.8 Å². The second-order valence-electron chi connectivity index (χ2n) is 10.0. The van der Waals surface area contributed by atoms with Gasteiger partial charge in [-0.15, -0.1) is 11.8 Å². The van der Waals surface area contributed by atoms with Crippen LogP contribution in [0.5, 0.6) is 0 Å². The van der Waals surface area contributed by atoms with Crippen molar-refractivity contribution in [2.24, 2.45) is 0 Å². The van der Waals surface area contributed by atoms with Crippen LogP contribution >= 0.6 is 11.8 Å². The molecule has 1 aliphatic heterocycles. The number of unbranched alkanes of at least 4 members (excludes halogenated alkanes) is 4. The number of carbonyl (C=O) groups excluding carboxylic acids is 2. The fraction of sp³-hybridized carbons (Fsp3) is 0.692. The summed E-state index contributed by atoms with van der Waals surface area (Å²) in [5.41, 5.74) is 1.54. The number of hydrogen-bond donors (Lipinski definition) is 0. The summed E-state index contributed by atoms with van der Waals surface area (Å²) >= 11 is 1.71. The molecule has 1 heterocycles. The van der Waals surface area contributed by atoms with E-state index in [0.29, 0.717) is 17.4 Å². The SMILES string of the molecule is [B]C(C)(C)C(C)(C)c1ccc(N2C(=O)CC(SC(CC)CCCCCCC)C2=O)cc1. The number of hydrogen-bond acceptors (Lipinski definition) is 3. The predicted octanol–water partition coefficient (Wildman–Crippen LogP) is 6.84. The lowest BCUT2D eigenvalue weighted by Crippen LogP contribution is -2.33. The molecule has 0 saturated carbocycles. The lowest BCUT2D eigenvalue weighted by atomic mass is 9.54. The zero-order chi connectivity index (χ0) is 23.2. The van der Waals surface area contributed by atoms with Gasteiger partial charge < -0.3 is 0 Å². The van der Waals surface area contributed by atoms with E-state index in [9.17, 15) is 9.59 Å². The van der Waals surface area contributed by atoms with Crippen molar-refractivity contribution in [3.05, 3.63) is 29.8 Å². The van der Waals surface area contributed by atoms with Gasteiger partial charge in [0, 0.05) is 11.7 Å². The molecule has 3 nitrogen and oxygen atoms in total. The molecule has 1 aromatic carbocycles. The number of nitrogens with zero attached hydrogens (tertiary/aromatic N) is 1. The molecule has 170 valence electrons. The largest absolute Gasteiger partial charge is 0.274 e. The van der Waals surface area contributed by atoms with Crippen molar-refractivity contribution in [2.45, 2.75) is 114 Å². The van der Waals surface area contributed by atoms with Crippen LogP contribution in [0.3, 0.4) is 0 Å². The minimum Gasteiger partial charge on any atom is -0.274 e. The van der Waals surface area contributed by atoms with E-state index in [0.717, 1.165) is 18.4 Å². The summed E-state index contributed by atoms with van der Waals surface area (Å²) in [5, 5.41) is -0.202. The van der Waals surface area contributed by atoms with Crippen LogP contribution in [0.25, 0.3) is 0 Å². The highest BCUT2D eigenvalue weighted by Gasteiger charge is 2.41. The monoisotopic (exact) mass is 441 g/mol. The van der Waals surface area contributed by atoms with Crippen LogP contribution in [-0.4, -0.2) is 30.2 Å². The summed E-state index contributed by atoms with van der Waals surface area (Å²) < 4.78 is 0. The van der Waals surface area contributed by atoms with Crippen molar-refractivity contribution in [3.8, 4) is 0 Å². The van der Waals surface area contributed by atoms with Gasteiger partial charge in [0.2, 0.25) is 11.8 Å². The number of thioether (sulfide) groups is 1. The van der Waals surface area contributed by atoms with E-state index in [1.807, 2.05) is 38.1 Å². The maximum atomic E-state index is 13.1. The quantitative estimate of drug-likeness (QED) is 0.203. The molecule has 0 spiro atoms. The molecule has 2 amide bonds. The first kappa shape index (κ1) is 26.0. The van der Waals surface area contributed by atoms with E-state index in [-0.39, 0.29) is 27.8 Å². The molecule has 5 heteroatoms. The summed E-state index contributed by atoms with van der Waals surface area (Å²) in [6, 6.07) is 7.76. The molecule has 31 heavy (non-hydrogen) atoms. The van der Waals surface area contributed by atoms with Crippen LogP contribution in [0.1, 0.15) is 98.5 Å². The van der Waals surface area contributed by atoms with Crippen LogP contribution in [0.15, 0.2) is 24.3 Å². The summed E-state index contributed by atoms with van der Waals surface area (Å²) in [4.78, 5) is 27.2. The number of imide groups is 1. The maximum absolute atomic E-state index is 13.1. The van der Waals surface area contributed by atoms with Crippen LogP contribution in [-0.2, 0) is 15.0 Å². The molecular weight excluding hydrogens is 401 g/mol. The van der Waals surface area contributed by atoms with Gasteiger partial charge in [-0.3, -0.25) is 9.59 Å². The van der Waals surface area contributed by atoms with Crippen molar-refractivity contribution >= 4 is 37.1 Å². The second kappa shape index (κ2) is 11.1. The Hall–Kier alpha value is -1.23. The molecule has 0 bridgehead atoms. The second-order valence-corrected chi connectivity index (χ2v) is 11.5. The van der Waals surface area contributed by atoms with Crippen LogP contribution in [0.2, 0.25) is 5.31 Å². The number of benzene rings is 1. The van der Waals surface area contributed by atoms with Crippen molar-refractivity contribution < 1.29 is 9.59 Å². The van der Waals surface area contributed by atoms with Crippen molar-refractivity contribution in [1.29, 1.82) is 0 Å². The molecule has 0 aliphatic carbocycles. The molecule has 1 aromatic rings. The van der Waals surface area contributed by atoms with E-state index < -0.39 is 0 Å². The molecule has 1 aliphatic rings. The first-order valence-corrected chi connectivity index (χ1v) is 12.9. The Morgan fingerprint density at radius 3 is 2.19 bits per heavy atom. The van der Waals surface area contributed by atoms with Gasteiger partial charge in [0.05, 0.1) is 18.8 Å². The fourth-order valence-electron chi connectivity index (χ4n) is 3.96. The molecule has 2 unspecified atom stereocenters. The fourth-order valence-corrected chi connectivity index (χ4v) is 5.38. The first-order valence-electron chi connectivity index (χ1n) is 11.9. The molecule has 2 atom stereocenters. The van der Waals surface area contributed by atoms with Gasteiger partial charge in [0.25, 0.3) is 0 Å². The van der Waals surface area contributed by atoms with Crippen molar-refractivity contribution in [3.63, 3.8) is 0 Å². The number of amides is 2. The van der Waals surface area contributed by atoms with E-state index in [1.165, 1.54) is 37.0 Å². The normalized spacial score (nSPS) is 18.6. The van der Waals surface area contributed by atoms with Crippen molar-refractivity contribution in [1.82, 2.24) is 0 Å². The maximum Gasteiger partial charge on any atom is 0.247 e. The lowest BCUT2D eigenvalue weighted by molar-refractivity contribution is -0.121. The van der Waals surface area contributed by atoms with Gasteiger partial charge in [0.1, 0.15) is 0 Å². The molecule has 1 saturated heterocycles. The predicted molar refractivity (Wildman–Crippen MR) is 135 cm³/mol. The Balaban J connectivity index is 2.03. The Labute approximate surface area is 195 Å². The average Bonchev–Trinajstić information content (AvgIpc) is 2.99. The van der Waals surface area contributed by atoms with Gasteiger partial charge in [-0.05, 0) is 36.0 Å². The number of anilines is 1. The first-order chi connectivity index (χ1) is 14.5. The van der Waals surface area contributed by atoms with Crippen LogP contribution in [0, 0.1) is 0 Å². The highest BCUT2D eigenvalue weighted by atomic mass is 32.2. The number of rotatable bonds is 12. The summed E-state index contributed by atoms with van der Waals surface area (Å²) in [7, 11) is 6.36. The summed E-state index contributed by atoms with van der Waals surface area (Å²) in [6.07, 6.45) is 8.78. The van der Waals surface area contributed by atoms with E-state index in [4.69, 9.17) is 7.85 Å². The van der Waals surface area contributed by atoms with Gasteiger partial charge in [-0.2, -0.15) is 0 Å². The summed E-state index contributed by atoms with van der Waals surface area (Å²) in [5.74, 6) is -0.155. The highest BCUT2D eigenvalue weighted by Crippen LogP contribution is 2.45. The third-order valence-corrected chi connectivity index (χ3v) is 8.66. The smallest absolute Gasteiger partial charge is 0.247 e. The topological polar surface area (TPSA) is 37.4 Å². The standard InChI is InChI=1S/C26H40BNO2S/c1-7-9-10-11-12-13-21(8-2)31-22-18-23(29)28(24(22)30)20-16-14-19(15-17-20)25(3,4)26(5,6)27/h14-17,21-22H,7-13,18H2,1-6H3. The van der Waals surface area contributed by atoms with E-state index in [2.05, 4.69) is 27.7 Å². The molecule has 0 aromatic heterocycles. The number of carbonyl (C=O) groups is 2. The van der Waals surface area contributed by atoms with Crippen LogP contribution < -0.4 is 4.90 Å². The van der Waals surface area contributed by atoms with E-state index >= 15 is 0 Å². The zero-order valence-corrected chi connectivity index (χ0v) is 21.2. The molecule has 1 fully saturated rings. The third-order valence-electron chi connectivity index (χ3n) is 7.00. The third kappa shape index (κ3) is 6.40. The zero-order valence-electron chi connectivity index (χ0n) is 20.4. The Morgan fingerprint density at radius 1 is 1.03 bits per heavy atom. The van der Waals surface area contributed by atoms with Gasteiger partial charge >= 0.3 is 0 Å². The minimum absolute atomic E-state index is 0.0643. The van der Waals surface area contributed by atoms with Gasteiger partial charge in [-0.25, -0.2) is 4.90 Å². The van der Waals surface area contributed by atoms with Crippen LogP contribution in [0.4, 0.5) is 5.69 Å². The minimum atomic E-state index is -0.388.